The molecule has 2 aliphatic carbocycles. The minimum Gasteiger partial charge on any atom is -0.289 e. The predicted molar refractivity (Wildman–Crippen MR) is 193 cm³/mol. The molecule has 0 heterocycles. The third-order valence-corrected chi connectivity index (χ3v) is 14.8. The molecule has 47 heavy (non-hydrogen) atoms. The molecule has 2 fully saturated rings. The lowest BCUT2D eigenvalue weighted by atomic mass is 9.81. The summed E-state index contributed by atoms with van der Waals surface area (Å²) in [6, 6.07) is 30.2. The summed E-state index contributed by atoms with van der Waals surface area (Å²) >= 11 is 0. The molecule has 0 saturated heterocycles. The summed E-state index contributed by atoms with van der Waals surface area (Å²) < 4.78 is 0. The van der Waals surface area contributed by atoms with Crippen molar-refractivity contribution < 1.29 is 19.2 Å². The molecule has 0 N–H and O–H groups in total. The van der Waals surface area contributed by atoms with Crippen LogP contribution < -0.4 is 0 Å². The number of carbonyl (C=O) groups is 4. The van der Waals surface area contributed by atoms with Crippen LogP contribution in [-0.2, 0) is 0 Å². The van der Waals surface area contributed by atoms with Crippen LogP contribution >= 0.6 is 15.8 Å². The third-order valence-electron chi connectivity index (χ3n) is 10.2. The summed E-state index contributed by atoms with van der Waals surface area (Å²) in [6.07, 6.45) is 4.18. The molecular formula is C41H42O4P2. The van der Waals surface area contributed by atoms with Gasteiger partial charge in [-0.2, -0.15) is 0 Å². The van der Waals surface area contributed by atoms with Crippen LogP contribution in [0.25, 0.3) is 0 Å². The van der Waals surface area contributed by atoms with Crippen LogP contribution in [0.4, 0.5) is 0 Å². The Bertz CT molecular complexity index is 1530. The first-order valence-corrected chi connectivity index (χ1v) is 19.6. The molecule has 6 rings (SSSR count). The highest BCUT2D eigenvalue weighted by atomic mass is 31.1. The maximum absolute atomic E-state index is 14.2. The monoisotopic (exact) mass is 660 g/mol. The molecule has 0 amide bonds. The number of aryl methyl sites for hydroxylation is 4. The van der Waals surface area contributed by atoms with Crippen molar-refractivity contribution in [3.63, 3.8) is 0 Å². The van der Waals surface area contributed by atoms with E-state index in [2.05, 4.69) is 0 Å². The van der Waals surface area contributed by atoms with Crippen molar-refractivity contribution in [2.24, 2.45) is 23.7 Å². The van der Waals surface area contributed by atoms with Gasteiger partial charge in [-0.1, -0.05) is 119 Å². The zero-order chi connectivity index (χ0) is 33.2. The van der Waals surface area contributed by atoms with E-state index in [4.69, 9.17) is 0 Å². The van der Waals surface area contributed by atoms with E-state index in [1.807, 2.05) is 125 Å². The lowest BCUT2D eigenvalue weighted by molar-refractivity contribution is 0.103. The lowest BCUT2D eigenvalue weighted by Gasteiger charge is -2.34. The second kappa shape index (κ2) is 14.3. The van der Waals surface area contributed by atoms with E-state index in [-0.39, 0.29) is 33.9 Å². The first kappa shape index (κ1) is 33.3. The quantitative estimate of drug-likeness (QED) is 0.142. The molecule has 4 aromatic rings. The van der Waals surface area contributed by atoms with E-state index in [0.717, 1.165) is 41.5 Å². The van der Waals surface area contributed by atoms with Crippen LogP contribution in [0.1, 0.15) is 82.9 Å². The van der Waals surface area contributed by atoms with Crippen molar-refractivity contribution in [3.05, 3.63) is 142 Å². The standard InChI is InChI=1S/C41H42O4P2/c1-26-5-13-30(14-6-26)38(42)46(39(43)31-15-7-27(2)8-16-31)24-36-34-21-22-35(23-34)37(36)25-47(40(44)32-17-9-28(3)10-18-32)41(45)33-19-11-29(4)12-20-33/h5-20,34-37H,21-25H2,1-4H3. The zero-order valence-corrected chi connectivity index (χ0v) is 29.4. The fourth-order valence-corrected chi connectivity index (χ4v) is 12.3. The van der Waals surface area contributed by atoms with Gasteiger partial charge in [0.05, 0.1) is 0 Å². The van der Waals surface area contributed by atoms with Gasteiger partial charge in [-0.05, 0) is 83.0 Å². The molecule has 2 bridgehead atoms. The maximum Gasteiger partial charge on any atom is 0.192 e. The summed E-state index contributed by atoms with van der Waals surface area (Å²) in [5.41, 5.74) is 6.23. The molecule has 4 unspecified atom stereocenters. The molecule has 4 atom stereocenters. The predicted octanol–water partition coefficient (Wildman–Crippen LogP) is 10.2. The van der Waals surface area contributed by atoms with E-state index in [1.54, 1.807) is 0 Å². The Morgan fingerprint density at radius 3 is 0.915 bits per heavy atom. The summed E-state index contributed by atoms with van der Waals surface area (Å²) in [7, 11) is -3.39. The van der Waals surface area contributed by atoms with Gasteiger partial charge in [0.2, 0.25) is 0 Å². The van der Waals surface area contributed by atoms with Crippen LogP contribution in [0.15, 0.2) is 97.1 Å². The summed E-state index contributed by atoms with van der Waals surface area (Å²) in [5.74, 6) is 1.02. The van der Waals surface area contributed by atoms with Crippen LogP contribution in [-0.4, -0.2) is 34.4 Å². The average Bonchev–Trinajstić information content (AvgIpc) is 3.68. The van der Waals surface area contributed by atoms with Crippen molar-refractivity contribution in [2.45, 2.75) is 47.0 Å². The zero-order valence-electron chi connectivity index (χ0n) is 27.6. The number of rotatable bonds is 12. The van der Waals surface area contributed by atoms with Gasteiger partial charge < -0.3 is 0 Å². The summed E-state index contributed by atoms with van der Waals surface area (Å²) in [4.78, 5) is 56.8. The minimum absolute atomic E-state index is 0.0826. The van der Waals surface area contributed by atoms with E-state index >= 15 is 0 Å². The van der Waals surface area contributed by atoms with Crippen molar-refractivity contribution >= 4 is 37.9 Å². The largest absolute Gasteiger partial charge is 0.289 e. The molecule has 2 aliphatic rings. The molecule has 4 nitrogen and oxygen atoms in total. The summed E-state index contributed by atoms with van der Waals surface area (Å²) in [5, 5.41) is 0. The topological polar surface area (TPSA) is 68.3 Å². The highest BCUT2D eigenvalue weighted by molar-refractivity contribution is 7.90. The number of benzene rings is 4. The lowest BCUT2D eigenvalue weighted by Crippen LogP contribution is -2.30. The minimum atomic E-state index is -1.70. The van der Waals surface area contributed by atoms with Gasteiger partial charge in [-0.15, -0.1) is 0 Å². The molecule has 0 aliphatic heterocycles. The van der Waals surface area contributed by atoms with Gasteiger partial charge in [0.25, 0.3) is 0 Å². The fraction of sp³-hybridized carbons (Fsp3) is 0.317. The maximum atomic E-state index is 14.2. The van der Waals surface area contributed by atoms with E-state index in [9.17, 15) is 19.2 Å². The van der Waals surface area contributed by atoms with Crippen LogP contribution in [0.3, 0.4) is 0 Å². The van der Waals surface area contributed by atoms with Crippen molar-refractivity contribution in [1.29, 1.82) is 0 Å². The van der Waals surface area contributed by atoms with Gasteiger partial charge in [0.15, 0.2) is 22.1 Å². The highest BCUT2D eigenvalue weighted by Crippen LogP contribution is 2.61. The van der Waals surface area contributed by atoms with Crippen LogP contribution in [0, 0.1) is 51.4 Å². The molecule has 2 saturated carbocycles. The van der Waals surface area contributed by atoms with Crippen molar-refractivity contribution in [1.82, 2.24) is 0 Å². The molecule has 0 radical (unpaired) electrons. The van der Waals surface area contributed by atoms with Crippen molar-refractivity contribution in [3.8, 4) is 0 Å². The fourth-order valence-electron chi connectivity index (χ4n) is 7.44. The smallest absolute Gasteiger partial charge is 0.192 e. The Morgan fingerprint density at radius 2 is 0.681 bits per heavy atom. The van der Waals surface area contributed by atoms with Crippen molar-refractivity contribution in [2.75, 3.05) is 12.3 Å². The molecule has 240 valence electrons. The first-order chi connectivity index (χ1) is 22.6. The molecule has 6 heteroatoms. The Balaban J connectivity index is 1.34. The first-order valence-electron chi connectivity index (χ1n) is 16.6. The van der Waals surface area contributed by atoms with Crippen LogP contribution in [0.2, 0.25) is 0 Å². The molecule has 0 aromatic heterocycles. The molecule has 0 spiro atoms. The summed E-state index contributed by atoms with van der Waals surface area (Å²) in [6.45, 7) is 7.95. The van der Waals surface area contributed by atoms with E-state index < -0.39 is 15.8 Å². The Labute approximate surface area is 280 Å². The Morgan fingerprint density at radius 1 is 0.447 bits per heavy atom. The van der Waals surface area contributed by atoms with Gasteiger partial charge in [-0.25, -0.2) is 0 Å². The van der Waals surface area contributed by atoms with Crippen LogP contribution in [0.5, 0.6) is 0 Å². The van der Waals surface area contributed by atoms with Gasteiger partial charge in [0, 0.05) is 38.1 Å². The Kier molecular flexibility index (Phi) is 10.1. The molecular weight excluding hydrogens is 618 g/mol. The number of hydrogen-bond donors (Lipinski definition) is 0. The van der Waals surface area contributed by atoms with E-state index in [0.29, 0.717) is 46.4 Å². The normalized spacial score (nSPS) is 20.1. The second-order valence-corrected chi connectivity index (χ2v) is 17.6. The highest BCUT2D eigenvalue weighted by Gasteiger charge is 2.51. The van der Waals surface area contributed by atoms with Gasteiger partial charge >= 0.3 is 0 Å². The van der Waals surface area contributed by atoms with Gasteiger partial charge in [-0.3, -0.25) is 19.2 Å². The van der Waals surface area contributed by atoms with E-state index in [1.165, 1.54) is 0 Å². The SMILES string of the molecule is Cc1ccc(C(=O)P(CC2C3CCC(C3)C2CP(C(=O)c2ccc(C)cc2)C(=O)c2ccc(C)cc2)C(=O)c2ccc(C)cc2)cc1. The van der Waals surface area contributed by atoms with Gasteiger partial charge in [0.1, 0.15) is 0 Å². The third kappa shape index (κ3) is 7.30. The molecule has 4 aromatic carbocycles. The number of fused-ring (bicyclic) bond motifs is 2. The second-order valence-electron chi connectivity index (χ2n) is 13.6. The number of hydrogen-bond acceptors (Lipinski definition) is 4. The Hall–Kier alpha value is -3.58. The average molecular weight is 661 g/mol. The number of carbonyl (C=O) groups excluding carboxylic acids is 4.